The van der Waals surface area contributed by atoms with E-state index in [4.69, 9.17) is 5.26 Å². The van der Waals surface area contributed by atoms with Crippen molar-refractivity contribution in [3.05, 3.63) is 18.0 Å². The molecule has 0 aromatic carbocycles. The largest absolute Gasteiger partial charge is 0.469 e. The summed E-state index contributed by atoms with van der Waals surface area (Å²) in [5, 5.41) is 9.09. The van der Waals surface area contributed by atoms with Gasteiger partial charge in [0.2, 0.25) is 0 Å². The Labute approximate surface area is 91.5 Å². The molecule has 1 rings (SSSR count). The van der Waals surface area contributed by atoms with Gasteiger partial charge in [0.1, 0.15) is 11.8 Å². The van der Waals surface area contributed by atoms with E-state index in [1.165, 1.54) is 31.1 Å². The molecule has 0 spiro atoms. The number of carbonyl (C=O) groups is 1. The van der Waals surface area contributed by atoms with Gasteiger partial charge in [0.15, 0.2) is 5.16 Å². The van der Waals surface area contributed by atoms with Crippen LogP contribution in [0.3, 0.4) is 0 Å². The van der Waals surface area contributed by atoms with E-state index in [1.807, 2.05) is 6.07 Å². The molecular weight excluding hydrogens is 214 g/mol. The molecule has 1 aromatic rings. The smallest absolute Gasteiger partial charge is 0.306 e. The van der Waals surface area contributed by atoms with Crippen molar-refractivity contribution in [2.75, 3.05) is 12.9 Å². The first-order valence-electron chi connectivity index (χ1n) is 4.19. The Bertz CT molecular complexity index is 389. The number of thioether (sulfide) groups is 1. The standard InChI is InChI=1S/C9H9N3O2S/c1-14-8(13)3-5-15-9-11-4-2-7(6-10)12-9/h2,4H,3,5H2,1H3. The molecule has 0 atom stereocenters. The number of methoxy groups -OCH3 is 1. The van der Waals surface area contributed by atoms with E-state index >= 15 is 0 Å². The third-order valence-corrected chi connectivity index (χ3v) is 2.38. The average Bonchev–Trinajstić information content (AvgIpc) is 2.29. The van der Waals surface area contributed by atoms with E-state index < -0.39 is 0 Å². The van der Waals surface area contributed by atoms with Crippen LogP contribution < -0.4 is 0 Å². The molecule has 0 saturated heterocycles. The predicted molar refractivity (Wildman–Crippen MR) is 54.1 cm³/mol. The first-order chi connectivity index (χ1) is 7.26. The van der Waals surface area contributed by atoms with Crippen LogP contribution in [0.5, 0.6) is 0 Å². The molecule has 0 fully saturated rings. The molecule has 15 heavy (non-hydrogen) atoms. The molecule has 0 bridgehead atoms. The van der Waals surface area contributed by atoms with E-state index in [0.717, 1.165) is 0 Å². The van der Waals surface area contributed by atoms with Crippen molar-refractivity contribution in [1.82, 2.24) is 9.97 Å². The van der Waals surface area contributed by atoms with Gasteiger partial charge >= 0.3 is 5.97 Å². The minimum Gasteiger partial charge on any atom is -0.469 e. The minimum atomic E-state index is -0.265. The maximum atomic E-state index is 10.8. The summed E-state index contributed by atoms with van der Waals surface area (Å²) in [5.74, 6) is 0.278. The highest BCUT2D eigenvalue weighted by molar-refractivity contribution is 7.99. The number of ether oxygens (including phenoxy) is 1. The van der Waals surface area contributed by atoms with Crippen LogP contribution in [0.15, 0.2) is 17.4 Å². The maximum absolute atomic E-state index is 10.8. The maximum Gasteiger partial charge on any atom is 0.306 e. The van der Waals surface area contributed by atoms with Gasteiger partial charge in [-0.25, -0.2) is 9.97 Å². The van der Waals surface area contributed by atoms with Gasteiger partial charge in [-0.15, -0.1) is 0 Å². The van der Waals surface area contributed by atoms with Crippen LogP contribution in [0.25, 0.3) is 0 Å². The van der Waals surface area contributed by atoms with Gasteiger partial charge in [0.25, 0.3) is 0 Å². The zero-order chi connectivity index (χ0) is 11.1. The molecule has 78 valence electrons. The summed E-state index contributed by atoms with van der Waals surface area (Å²) >= 11 is 1.32. The third kappa shape index (κ3) is 3.95. The van der Waals surface area contributed by atoms with Crippen LogP contribution in [0.1, 0.15) is 12.1 Å². The van der Waals surface area contributed by atoms with Gasteiger partial charge in [0, 0.05) is 11.9 Å². The zero-order valence-corrected chi connectivity index (χ0v) is 8.95. The summed E-state index contributed by atoms with van der Waals surface area (Å²) in [5.41, 5.74) is 0.325. The van der Waals surface area contributed by atoms with Gasteiger partial charge < -0.3 is 4.74 Å². The van der Waals surface area contributed by atoms with Crippen molar-refractivity contribution in [3.63, 3.8) is 0 Å². The van der Waals surface area contributed by atoms with Gasteiger partial charge in [0.05, 0.1) is 13.5 Å². The summed E-state index contributed by atoms with van der Waals surface area (Å²) in [6, 6.07) is 3.45. The normalized spacial score (nSPS) is 9.33. The van der Waals surface area contributed by atoms with Gasteiger partial charge in [-0.1, -0.05) is 11.8 Å². The van der Waals surface area contributed by atoms with Crippen molar-refractivity contribution in [2.45, 2.75) is 11.6 Å². The molecule has 0 aliphatic heterocycles. The highest BCUT2D eigenvalue weighted by atomic mass is 32.2. The number of nitriles is 1. The van der Waals surface area contributed by atoms with Gasteiger partial charge in [-0.05, 0) is 6.07 Å². The van der Waals surface area contributed by atoms with E-state index in [-0.39, 0.29) is 5.97 Å². The Morgan fingerprint density at radius 2 is 2.53 bits per heavy atom. The second-order valence-corrected chi connectivity index (χ2v) is 3.57. The summed E-state index contributed by atoms with van der Waals surface area (Å²) in [4.78, 5) is 18.7. The fourth-order valence-corrected chi connectivity index (χ4v) is 1.55. The first kappa shape index (κ1) is 11.5. The van der Waals surface area contributed by atoms with Crippen LogP contribution in [0.4, 0.5) is 0 Å². The first-order valence-corrected chi connectivity index (χ1v) is 5.17. The lowest BCUT2D eigenvalue weighted by Crippen LogP contribution is -2.01. The van der Waals surface area contributed by atoms with Crippen LogP contribution >= 0.6 is 11.8 Å². The number of hydrogen-bond acceptors (Lipinski definition) is 6. The number of carbonyl (C=O) groups excluding carboxylic acids is 1. The Morgan fingerprint density at radius 3 is 3.20 bits per heavy atom. The SMILES string of the molecule is COC(=O)CCSc1nccc(C#N)n1. The molecule has 0 amide bonds. The topological polar surface area (TPSA) is 75.9 Å². The molecule has 0 unspecified atom stereocenters. The lowest BCUT2D eigenvalue weighted by molar-refractivity contribution is -0.140. The molecule has 1 heterocycles. The molecule has 0 N–H and O–H groups in total. The second kappa shape index (κ2) is 5.98. The van der Waals surface area contributed by atoms with E-state index in [1.54, 1.807) is 0 Å². The molecule has 1 aromatic heterocycles. The van der Waals surface area contributed by atoms with Crippen molar-refractivity contribution in [2.24, 2.45) is 0 Å². The second-order valence-electron chi connectivity index (χ2n) is 2.51. The Balaban J connectivity index is 2.44. The number of esters is 1. The van der Waals surface area contributed by atoms with Crippen LogP contribution in [-0.4, -0.2) is 28.8 Å². The molecule has 0 radical (unpaired) electrons. The van der Waals surface area contributed by atoms with E-state index in [9.17, 15) is 4.79 Å². The van der Waals surface area contributed by atoms with Crippen LogP contribution in [0, 0.1) is 11.3 Å². The van der Waals surface area contributed by atoms with Crippen LogP contribution in [-0.2, 0) is 9.53 Å². The molecule has 0 saturated carbocycles. The summed E-state index contributed by atoms with van der Waals surface area (Å²) in [7, 11) is 1.35. The third-order valence-electron chi connectivity index (χ3n) is 1.51. The number of nitrogens with zero attached hydrogens (tertiary/aromatic N) is 3. The van der Waals surface area contributed by atoms with Crippen molar-refractivity contribution < 1.29 is 9.53 Å². The average molecular weight is 223 g/mol. The molecule has 6 heteroatoms. The molecule has 0 aliphatic carbocycles. The summed E-state index contributed by atoms with van der Waals surface area (Å²) < 4.78 is 4.49. The van der Waals surface area contributed by atoms with Crippen LogP contribution in [0.2, 0.25) is 0 Å². The highest BCUT2D eigenvalue weighted by Crippen LogP contribution is 2.13. The lowest BCUT2D eigenvalue weighted by Gasteiger charge is -1.99. The minimum absolute atomic E-state index is 0.265. The highest BCUT2D eigenvalue weighted by Gasteiger charge is 2.03. The lowest BCUT2D eigenvalue weighted by atomic mass is 10.5. The predicted octanol–water partition coefficient (Wildman–Crippen LogP) is 1.00. The van der Waals surface area contributed by atoms with E-state index in [2.05, 4.69) is 14.7 Å². The zero-order valence-electron chi connectivity index (χ0n) is 8.14. The molecule has 5 nitrogen and oxygen atoms in total. The van der Waals surface area contributed by atoms with Crippen molar-refractivity contribution >= 4 is 17.7 Å². The molecule has 0 aliphatic rings. The summed E-state index contributed by atoms with van der Waals surface area (Å²) in [6.07, 6.45) is 1.83. The van der Waals surface area contributed by atoms with Crippen molar-refractivity contribution in [1.29, 1.82) is 5.26 Å². The fourth-order valence-electron chi connectivity index (χ4n) is 0.800. The number of aromatic nitrogens is 2. The molecular formula is C9H9N3O2S. The van der Waals surface area contributed by atoms with Crippen molar-refractivity contribution in [3.8, 4) is 6.07 Å². The van der Waals surface area contributed by atoms with Gasteiger partial charge in [-0.3, -0.25) is 4.79 Å². The number of rotatable bonds is 4. The monoisotopic (exact) mass is 223 g/mol. The Hall–Kier alpha value is -1.61. The van der Waals surface area contributed by atoms with Gasteiger partial charge in [-0.2, -0.15) is 5.26 Å². The Morgan fingerprint density at radius 1 is 1.73 bits per heavy atom. The van der Waals surface area contributed by atoms with E-state index in [0.29, 0.717) is 23.0 Å². The number of hydrogen-bond donors (Lipinski definition) is 0. The Kier molecular flexibility index (Phi) is 4.57. The quantitative estimate of drug-likeness (QED) is 0.430. The summed E-state index contributed by atoms with van der Waals surface area (Å²) in [6.45, 7) is 0. The fraction of sp³-hybridized carbons (Fsp3) is 0.333.